The summed E-state index contributed by atoms with van der Waals surface area (Å²) in [6, 6.07) is 15.5. The third-order valence-electron chi connectivity index (χ3n) is 4.97. The van der Waals surface area contributed by atoms with Gasteiger partial charge in [-0.15, -0.1) is 0 Å². The van der Waals surface area contributed by atoms with Gasteiger partial charge in [0.1, 0.15) is 16.1 Å². The molecule has 0 amide bonds. The largest absolute Gasteiger partial charge is 1.00 e. The Bertz CT molecular complexity index is 1710. The van der Waals surface area contributed by atoms with Crippen molar-refractivity contribution in [2.45, 2.75) is 9.79 Å². The van der Waals surface area contributed by atoms with Crippen LogP contribution >= 0.6 is 0 Å². The van der Waals surface area contributed by atoms with Gasteiger partial charge in [-0.3, -0.25) is 9.11 Å². The Balaban J connectivity index is 0.00000136. The van der Waals surface area contributed by atoms with Crippen molar-refractivity contribution < 1.29 is 61.3 Å². The maximum atomic E-state index is 11.9. The smallest absolute Gasteiger partial charge is 1.00 e. The zero-order chi connectivity index (χ0) is 20.6. The van der Waals surface area contributed by atoms with E-state index in [0.29, 0.717) is 37.9 Å². The molecule has 0 aliphatic rings. The first-order chi connectivity index (χ1) is 13.6. The number of hydrogen-bond donors (Lipinski definition) is 2. The zero-order valence-electron chi connectivity index (χ0n) is 16.5. The van der Waals surface area contributed by atoms with E-state index in [1.807, 2.05) is 0 Å². The molecule has 30 heavy (non-hydrogen) atoms. The predicted molar refractivity (Wildman–Crippen MR) is 109 cm³/mol. The van der Waals surface area contributed by atoms with Crippen LogP contribution in [0, 0.1) is 0 Å². The number of rotatable bonds is 2. The maximum absolute atomic E-state index is 11.9. The molecule has 2 N–H and O–H groups in total. The number of furan rings is 1. The third-order valence-corrected chi connectivity index (χ3v) is 6.71. The molecule has 0 aliphatic carbocycles. The quantitative estimate of drug-likeness (QED) is 0.307. The Morgan fingerprint density at radius 1 is 0.700 bits per heavy atom. The second kappa shape index (κ2) is 7.03. The second-order valence-corrected chi connectivity index (χ2v) is 9.48. The van der Waals surface area contributed by atoms with Crippen LogP contribution in [0.25, 0.3) is 43.5 Å². The van der Waals surface area contributed by atoms with Crippen LogP contribution in [0.4, 0.5) is 0 Å². The van der Waals surface area contributed by atoms with Crippen LogP contribution in [-0.2, 0) is 20.2 Å². The minimum absolute atomic E-state index is 0. The van der Waals surface area contributed by atoms with E-state index in [1.54, 1.807) is 42.5 Å². The van der Waals surface area contributed by atoms with Crippen LogP contribution < -0.4 is 29.6 Å². The molecule has 148 valence electrons. The van der Waals surface area contributed by atoms with Crippen molar-refractivity contribution in [2.24, 2.45) is 0 Å². The predicted octanol–water partition coefficient (Wildman–Crippen LogP) is 1.50. The molecule has 0 unspecified atom stereocenters. The molecule has 0 fully saturated rings. The van der Waals surface area contributed by atoms with Crippen LogP contribution in [-0.4, -0.2) is 25.9 Å². The molecule has 0 saturated heterocycles. The Morgan fingerprint density at radius 2 is 1.37 bits per heavy atom. The van der Waals surface area contributed by atoms with Gasteiger partial charge in [0.15, 0.2) is 0 Å². The van der Waals surface area contributed by atoms with Crippen LogP contribution in [0.1, 0.15) is 1.43 Å². The summed E-state index contributed by atoms with van der Waals surface area (Å²) in [7, 11) is -8.83. The Labute approximate surface area is 194 Å². The second-order valence-electron chi connectivity index (χ2n) is 6.67. The zero-order valence-corrected chi connectivity index (χ0v) is 19.2. The van der Waals surface area contributed by atoms with Gasteiger partial charge < -0.3 is 5.84 Å². The van der Waals surface area contributed by atoms with Crippen molar-refractivity contribution in [3.05, 3.63) is 60.7 Å². The molecule has 4 aromatic carbocycles. The van der Waals surface area contributed by atoms with Crippen molar-refractivity contribution >= 4 is 63.7 Å². The molecule has 1 heterocycles. The molecule has 1 aromatic heterocycles. The molecular formula is C20H13NaO7S2. The third kappa shape index (κ3) is 3.23. The van der Waals surface area contributed by atoms with Gasteiger partial charge in [-0.05, 0) is 34.4 Å². The van der Waals surface area contributed by atoms with E-state index in [9.17, 15) is 25.9 Å². The molecule has 0 saturated carbocycles. The molecule has 7 nitrogen and oxygen atoms in total. The van der Waals surface area contributed by atoms with Crippen molar-refractivity contribution in [2.75, 3.05) is 0 Å². The molecule has 0 aliphatic heterocycles. The van der Waals surface area contributed by atoms with E-state index < -0.39 is 20.2 Å². The molecule has 0 spiro atoms. The van der Waals surface area contributed by atoms with Gasteiger partial charge >= 0.3 is 29.6 Å². The maximum Gasteiger partial charge on any atom is 1.00 e. The van der Waals surface area contributed by atoms with Gasteiger partial charge in [-0.1, -0.05) is 36.4 Å². The molecule has 5 aromatic rings. The minimum Gasteiger partial charge on any atom is -1.00 e. The summed E-state index contributed by atoms with van der Waals surface area (Å²) >= 11 is 0. The van der Waals surface area contributed by atoms with Gasteiger partial charge in [0.25, 0.3) is 20.2 Å². The fourth-order valence-corrected chi connectivity index (χ4v) is 5.01. The molecule has 0 atom stereocenters. The van der Waals surface area contributed by atoms with Gasteiger partial charge in [-0.2, -0.15) is 16.8 Å². The van der Waals surface area contributed by atoms with E-state index in [4.69, 9.17) is 4.42 Å². The summed E-state index contributed by atoms with van der Waals surface area (Å²) in [6.07, 6.45) is 0. The Morgan fingerprint density at radius 3 is 2.03 bits per heavy atom. The normalized spacial score (nSPS) is 12.6. The topological polar surface area (TPSA) is 122 Å². The van der Waals surface area contributed by atoms with Gasteiger partial charge in [-0.25, -0.2) is 0 Å². The van der Waals surface area contributed by atoms with Crippen molar-refractivity contribution in [3.8, 4) is 0 Å². The minimum atomic E-state index is -4.48. The molecular weight excluding hydrogens is 439 g/mol. The monoisotopic (exact) mass is 452 g/mol. The van der Waals surface area contributed by atoms with Gasteiger partial charge in [0, 0.05) is 22.2 Å². The summed E-state index contributed by atoms with van der Waals surface area (Å²) in [5, 5.41) is 3.49. The Hall–Kier alpha value is -1.98. The van der Waals surface area contributed by atoms with Crippen molar-refractivity contribution in [3.63, 3.8) is 0 Å². The van der Waals surface area contributed by atoms with Gasteiger partial charge in [0.2, 0.25) is 0 Å². The standard InChI is InChI=1S/C20H12O7S2.Na.H/c21-28(22,23)12-6-7-13-11(9-12)5-8-16-19(13)20-15-4-2-1-3-14(15)18(29(24,25)26)10-17(20)27-16;;/h1-10H,(H,21,22,23)(H,24,25,26);;/q;+1;-1. The average Bonchev–Trinajstić information content (AvgIpc) is 3.04. The summed E-state index contributed by atoms with van der Waals surface area (Å²) in [5.74, 6) is 0. The van der Waals surface area contributed by atoms with Crippen molar-refractivity contribution in [1.82, 2.24) is 0 Å². The average molecular weight is 452 g/mol. The van der Waals surface area contributed by atoms with Crippen LogP contribution in [0.2, 0.25) is 0 Å². The summed E-state index contributed by atoms with van der Waals surface area (Å²) in [6.45, 7) is 0. The van der Waals surface area contributed by atoms with Crippen molar-refractivity contribution in [1.29, 1.82) is 0 Å². The first-order valence-electron chi connectivity index (χ1n) is 8.40. The van der Waals surface area contributed by atoms with Crippen LogP contribution in [0.3, 0.4) is 0 Å². The Kier molecular flexibility index (Phi) is 4.98. The SMILES string of the molecule is O=S(=O)(O)c1ccc2c(ccc3oc4cc(S(=O)(=O)O)c5ccccc5c4c32)c1.[H-].[Na+]. The van der Waals surface area contributed by atoms with E-state index in [2.05, 4.69) is 0 Å². The first kappa shape index (κ1) is 21.3. The number of fused-ring (bicyclic) bond motifs is 7. The molecule has 0 radical (unpaired) electrons. The summed E-state index contributed by atoms with van der Waals surface area (Å²) in [5.41, 5.74) is 0.752. The first-order valence-corrected chi connectivity index (χ1v) is 11.3. The summed E-state index contributed by atoms with van der Waals surface area (Å²) < 4.78 is 71.5. The fraction of sp³-hybridized carbons (Fsp3) is 0. The number of hydrogen-bond acceptors (Lipinski definition) is 5. The van der Waals surface area contributed by atoms with E-state index in [1.165, 1.54) is 18.2 Å². The molecule has 10 heteroatoms. The molecule has 5 rings (SSSR count). The van der Waals surface area contributed by atoms with E-state index in [-0.39, 0.29) is 46.4 Å². The molecule has 0 bridgehead atoms. The number of benzene rings is 4. The van der Waals surface area contributed by atoms with Gasteiger partial charge in [0.05, 0.1) is 4.90 Å². The van der Waals surface area contributed by atoms with E-state index >= 15 is 0 Å². The summed E-state index contributed by atoms with van der Waals surface area (Å²) in [4.78, 5) is -0.478. The van der Waals surface area contributed by atoms with Crippen LogP contribution in [0.5, 0.6) is 0 Å². The fourth-order valence-electron chi connectivity index (χ4n) is 3.78. The van der Waals surface area contributed by atoms with Crippen LogP contribution in [0.15, 0.2) is 74.9 Å². The van der Waals surface area contributed by atoms with E-state index in [0.717, 1.165) is 0 Å².